The normalized spacial score (nSPS) is 14.3. The van der Waals surface area contributed by atoms with Gasteiger partial charge < -0.3 is 9.80 Å². The first-order chi connectivity index (χ1) is 14.5. The van der Waals surface area contributed by atoms with Crippen molar-refractivity contribution in [1.29, 1.82) is 0 Å². The Morgan fingerprint density at radius 3 is 2.47 bits per heavy atom. The summed E-state index contributed by atoms with van der Waals surface area (Å²) >= 11 is 0. The third-order valence-electron chi connectivity index (χ3n) is 5.81. The van der Waals surface area contributed by atoms with Gasteiger partial charge >= 0.3 is 0 Å². The Balaban J connectivity index is 1.69. The highest BCUT2D eigenvalue weighted by atomic mass is 19.1. The molecular weight excluding hydrogens is 379 g/mol. The largest absolute Gasteiger partial charge is 0.353 e. The number of amides is 1. The molecule has 2 heterocycles. The molecule has 1 fully saturated rings. The SMILES string of the molecule is CCCCCCC(=O)N1CCN(c2nc(C)nc(C)c2Cc2ccccc2F)CC1. The highest BCUT2D eigenvalue weighted by Gasteiger charge is 2.24. The van der Waals surface area contributed by atoms with Gasteiger partial charge in [0.1, 0.15) is 17.5 Å². The number of hydrogen-bond acceptors (Lipinski definition) is 4. The average molecular weight is 413 g/mol. The summed E-state index contributed by atoms with van der Waals surface area (Å²) < 4.78 is 14.3. The van der Waals surface area contributed by atoms with Crippen LogP contribution in [0, 0.1) is 19.7 Å². The van der Waals surface area contributed by atoms with Crippen molar-refractivity contribution in [2.24, 2.45) is 0 Å². The van der Waals surface area contributed by atoms with Crippen molar-refractivity contribution in [1.82, 2.24) is 14.9 Å². The Kier molecular flexibility index (Phi) is 7.77. The fraction of sp³-hybridized carbons (Fsp3) is 0.542. The molecule has 6 heteroatoms. The van der Waals surface area contributed by atoms with E-state index in [-0.39, 0.29) is 11.7 Å². The molecule has 0 unspecified atom stereocenters. The first kappa shape index (κ1) is 22.2. The molecule has 1 amide bonds. The Labute approximate surface area is 179 Å². The molecule has 0 radical (unpaired) electrons. The quantitative estimate of drug-likeness (QED) is 0.602. The number of anilines is 1. The van der Waals surface area contributed by atoms with Crippen LogP contribution < -0.4 is 4.90 Å². The molecule has 0 N–H and O–H groups in total. The summed E-state index contributed by atoms with van der Waals surface area (Å²) in [6.07, 6.45) is 5.58. The fourth-order valence-electron chi connectivity index (χ4n) is 4.05. The van der Waals surface area contributed by atoms with Gasteiger partial charge in [-0.2, -0.15) is 0 Å². The summed E-state index contributed by atoms with van der Waals surface area (Å²) in [7, 11) is 0. The van der Waals surface area contributed by atoms with Crippen molar-refractivity contribution in [2.45, 2.75) is 59.3 Å². The number of aryl methyl sites for hydroxylation is 2. The predicted octanol–water partition coefficient (Wildman–Crippen LogP) is 4.44. The van der Waals surface area contributed by atoms with Gasteiger partial charge in [0.2, 0.25) is 5.91 Å². The molecule has 0 aliphatic carbocycles. The molecule has 1 aromatic carbocycles. The Morgan fingerprint density at radius 2 is 1.77 bits per heavy atom. The third-order valence-corrected chi connectivity index (χ3v) is 5.81. The summed E-state index contributed by atoms with van der Waals surface area (Å²) in [6.45, 7) is 8.91. The number of aromatic nitrogens is 2. The van der Waals surface area contributed by atoms with Crippen LogP contribution in [0.4, 0.5) is 10.2 Å². The Bertz CT molecular complexity index is 862. The lowest BCUT2D eigenvalue weighted by Gasteiger charge is -2.36. The molecule has 1 saturated heterocycles. The molecular formula is C24H33FN4O. The zero-order valence-electron chi connectivity index (χ0n) is 18.5. The maximum Gasteiger partial charge on any atom is 0.222 e. The number of hydrogen-bond donors (Lipinski definition) is 0. The molecule has 30 heavy (non-hydrogen) atoms. The van der Waals surface area contributed by atoms with E-state index in [0.717, 1.165) is 43.0 Å². The van der Waals surface area contributed by atoms with E-state index in [1.54, 1.807) is 6.07 Å². The maximum atomic E-state index is 14.3. The van der Waals surface area contributed by atoms with Gasteiger partial charge in [0.15, 0.2) is 0 Å². The van der Waals surface area contributed by atoms with Gasteiger partial charge in [-0.25, -0.2) is 14.4 Å². The van der Waals surface area contributed by atoms with Crippen molar-refractivity contribution in [2.75, 3.05) is 31.1 Å². The van der Waals surface area contributed by atoms with Crippen molar-refractivity contribution in [3.63, 3.8) is 0 Å². The number of nitrogens with zero attached hydrogens (tertiary/aromatic N) is 4. The van der Waals surface area contributed by atoms with Crippen LogP contribution in [0.2, 0.25) is 0 Å². The maximum absolute atomic E-state index is 14.3. The molecule has 162 valence electrons. The zero-order chi connectivity index (χ0) is 21.5. The minimum absolute atomic E-state index is 0.207. The van der Waals surface area contributed by atoms with Crippen molar-refractivity contribution in [3.8, 4) is 0 Å². The van der Waals surface area contributed by atoms with E-state index in [0.29, 0.717) is 37.3 Å². The molecule has 3 rings (SSSR count). The van der Waals surface area contributed by atoms with E-state index < -0.39 is 0 Å². The van der Waals surface area contributed by atoms with E-state index in [9.17, 15) is 9.18 Å². The zero-order valence-corrected chi connectivity index (χ0v) is 18.5. The van der Waals surface area contributed by atoms with E-state index in [2.05, 4.69) is 16.8 Å². The molecule has 0 atom stereocenters. The highest BCUT2D eigenvalue weighted by molar-refractivity contribution is 5.76. The van der Waals surface area contributed by atoms with Gasteiger partial charge in [0, 0.05) is 50.3 Å². The molecule has 0 spiro atoms. The first-order valence-corrected chi connectivity index (χ1v) is 11.1. The number of unbranched alkanes of at least 4 members (excludes halogenated alkanes) is 3. The molecule has 0 bridgehead atoms. The van der Waals surface area contributed by atoms with Crippen LogP contribution in [0.1, 0.15) is 61.7 Å². The van der Waals surface area contributed by atoms with E-state index in [1.807, 2.05) is 30.9 Å². The summed E-state index contributed by atoms with van der Waals surface area (Å²) in [5, 5.41) is 0. The molecule has 1 aliphatic rings. The fourth-order valence-corrected chi connectivity index (χ4v) is 4.05. The van der Waals surface area contributed by atoms with Gasteiger partial charge in [-0.1, -0.05) is 44.4 Å². The summed E-state index contributed by atoms with van der Waals surface area (Å²) in [5.74, 6) is 1.64. The second-order valence-electron chi connectivity index (χ2n) is 8.11. The van der Waals surface area contributed by atoms with E-state index >= 15 is 0 Å². The molecule has 1 aliphatic heterocycles. The standard InChI is InChI=1S/C24H33FN4O/c1-4-5-6-7-12-23(30)28-13-15-29(16-14-28)24-21(18(2)26-19(3)27-24)17-20-10-8-9-11-22(20)25/h8-11H,4-7,12-17H2,1-3H3. The smallest absolute Gasteiger partial charge is 0.222 e. The van der Waals surface area contributed by atoms with Gasteiger partial charge in [0.25, 0.3) is 0 Å². The van der Waals surface area contributed by atoms with Gasteiger partial charge in [0.05, 0.1) is 0 Å². The number of benzene rings is 1. The van der Waals surface area contributed by atoms with Crippen LogP contribution in [0.25, 0.3) is 0 Å². The third kappa shape index (κ3) is 5.55. The van der Waals surface area contributed by atoms with Crippen molar-refractivity contribution < 1.29 is 9.18 Å². The average Bonchev–Trinajstić information content (AvgIpc) is 2.74. The lowest BCUT2D eigenvalue weighted by Crippen LogP contribution is -2.49. The molecule has 5 nitrogen and oxygen atoms in total. The second kappa shape index (κ2) is 10.5. The van der Waals surface area contributed by atoms with Crippen LogP contribution in [0.3, 0.4) is 0 Å². The van der Waals surface area contributed by atoms with Crippen molar-refractivity contribution >= 4 is 11.7 Å². The summed E-state index contributed by atoms with van der Waals surface area (Å²) in [6, 6.07) is 6.86. The minimum atomic E-state index is -0.207. The lowest BCUT2D eigenvalue weighted by atomic mass is 10.0. The number of halogens is 1. The van der Waals surface area contributed by atoms with Gasteiger partial charge in [-0.05, 0) is 31.9 Å². The van der Waals surface area contributed by atoms with E-state index in [1.165, 1.54) is 18.9 Å². The topological polar surface area (TPSA) is 49.3 Å². The molecule has 1 aromatic heterocycles. The predicted molar refractivity (Wildman–Crippen MR) is 118 cm³/mol. The molecule has 2 aromatic rings. The van der Waals surface area contributed by atoms with Crippen molar-refractivity contribution in [3.05, 3.63) is 52.7 Å². The van der Waals surface area contributed by atoms with Gasteiger partial charge in [-0.15, -0.1) is 0 Å². The Hall–Kier alpha value is -2.50. The number of rotatable bonds is 8. The molecule has 0 saturated carbocycles. The summed E-state index contributed by atoms with van der Waals surface area (Å²) in [5.41, 5.74) is 2.50. The highest BCUT2D eigenvalue weighted by Crippen LogP contribution is 2.26. The Morgan fingerprint density at radius 1 is 1.03 bits per heavy atom. The van der Waals surface area contributed by atoms with Crippen LogP contribution in [-0.4, -0.2) is 47.0 Å². The number of carbonyl (C=O) groups excluding carboxylic acids is 1. The van der Waals surface area contributed by atoms with E-state index in [4.69, 9.17) is 4.98 Å². The van der Waals surface area contributed by atoms with Crippen LogP contribution in [-0.2, 0) is 11.2 Å². The number of piperazine rings is 1. The van der Waals surface area contributed by atoms with Crippen LogP contribution in [0.5, 0.6) is 0 Å². The van der Waals surface area contributed by atoms with Crippen LogP contribution in [0.15, 0.2) is 24.3 Å². The lowest BCUT2D eigenvalue weighted by molar-refractivity contribution is -0.131. The van der Waals surface area contributed by atoms with Crippen LogP contribution >= 0.6 is 0 Å². The summed E-state index contributed by atoms with van der Waals surface area (Å²) in [4.78, 5) is 25.9. The monoisotopic (exact) mass is 412 g/mol. The number of carbonyl (C=O) groups is 1. The second-order valence-corrected chi connectivity index (χ2v) is 8.11. The van der Waals surface area contributed by atoms with Gasteiger partial charge in [-0.3, -0.25) is 4.79 Å². The minimum Gasteiger partial charge on any atom is -0.353 e. The first-order valence-electron chi connectivity index (χ1n) is 11.1.